The summed E-state index contributed by atoms with van der Waals surface area (Å²) in [6, 6.07) is 3.95. The molecule has 122 valence electrons. The number of hydrogen-bond donors (Lipinski definition) is 2. The Balaban J connectivity index is 3.34. The number of phenols is 1. The lowest BCUT2D eigenvalue weighted by Gasteiger charge is -2.26. The van der Waals surface area contributed by atoms with Crippen LogP contribution in [0.25, 0.3) is 0 Å². The smallest absolute Gasteiger partial charge is 0.145 e. The normalized spacial score (nSPS) is 13.0. The van der Waals surface area contributed by atoms with Crippen molar-refractivity contribution in [2.75, 3.05) is 5.12 Å². The first-order chi connectivity index (χ1) is 10.3. The van der Waals surface area contributed by atoms with E-state index in [4.69, 9.17) is 5.84 Å². The highest BCUT2D eigenvalue weighted by molar-refractivity contribution is 5.95. The Labute approximate surface area is 134 Å². The van der Waals surface area contributed by atoms with Crippen LogP contribution in [0.4, 0.5) is 5.69 Å². The molecule has 0 bridgehead atoms. The summed E-state index contributed by atoms with van der Waals surface area (Å²) in [6.45, 7) is 12.4. The number of nitrogens with zero attached hydrogens (tertiary/aromatic N) is 2. The number of anilines is 1. The van der Waals surface area contributed by atoms with Crippen LogP contribution in [-0.2, 0) is 5.41 Å². The molecule has 0 spiro atoms. The molecule has 4 heteroatoms. The largest absolute Gasteiger partial charge is 0.505 e. The Morgan fingerprint density at radius 2 is 2.00 bits per heavy atom. The molecule has 0 radical (unpaired) electrons. The van der Waals surface area contributed by atoms with Crippen LogP contribution in [0.15, 0.2) is 29.4 Å². The zero-order valence-corrected chi connectivity index (χ0v) is 14.6. The third-order valence-corrected chi connectivity index (χ3v) is 4.15. The first-order valence-corrected chi connectivity index (χ1v) is 7.85. The first-order valence-electron chi connectivity index (χ1n) is 7.85. The Morgan fingerprint density at radius 3 is 2.50 bits per heavy atom. The maximum Gasteiger partial charge on any atom is 0.145 e. The van der Waals surface area contributed by atoms with Gasteiger partial charge in [0, 0.05) is 0 Å². The molecule has 4 nitrogen and oxygen atoms in total. The second kappa shape index (κ2) is 7.45. The molecule has 0 saturated heterocycles. The van der Waals surface area contributed by atoms with Gasteiger partial charge in [0.25, 0.3) is 0 Å². The van der Waals surface area contributed by atoms with Crippen molar-refractivity contribution in [1.82, 2.24) is 0 Å². The number of hydrazone groups is 1. The molecule has 0 heterocycles. The third kappa shape index (κ3) is 4.10. The monoisotopic (exact) mass is 303 g/mol. The predicted molar refractivity (Wildman–Crippen MR) is 95.4 cm³/mol. The fourth-order valence-electron chi connectivity index (χ4n) is 2.14. The van der Waals surface area contributed by atoms with Crippen molar-refractivity contribution in [1.29, 1.82) is 0 Å². The highest BCUT2D eigenvalue weighted by atomic mass is 16.3. The molecule has 1 rings (SSSR count). The van der Waals surface area contributed by atoms with Crippen LogP contribution in [0, 0.1) is 6.92 Å². The first kappa shape index (κ1) is 18.2. The Morgan fingerprint density at radius 1 is 1.36 bits per heavy atom. The number of hydrazine groups is 1. The van der Waals surface area contributed by atoms with E-state index in [0.717, 1.165) is 29.7 Å². The molecular formula is C18H29N3O. The summed E-state index contributed by atoms with van der Waals surface area (Å²) in [6.07, 6.45) is 5.63. The summed E-state index contributed by atoms with van der Waals surface area (Å²) in [5.41, 5.74) is 3.38. The van der Waals surface area contributed by atoms with E-state index in [9.17, 15) is 5.11 Å². The SMILES string of the molecule is C/C=C\C(CC)=N\N(N)c1cc(C(C)(C)CC)cc(C)c1O. The maximum absolute atomic E-state index is 10.3. The molecule has 0 aliphatic rings. The average Bonchev–Trinajstić information content (AvgIpc) is 2.48. The molecule has 0 aromatic heterocycles. The number of rotatable bonds is 6. The second-order valence-corrected chi connectivity index (χ2v) is 6.19. The highest BCUT2D eigenvalue weighted by Crippen LogP contribution is 2.36. The number of allylic oxidation sites excluding steroid dienone is 2. The molecule has 0 atom stereocenters. The Hall–Kier alpha value is -1.81. The van der Waals surface area contributed by atoms with Gasteiger partial charge in [0.1, 0.15) is 11.4 Å². The van der Waals surface area contributed by atoms with E-state index < -0.39 is 0 Å². The Bertz CT molecular complexity index is 574. The summed E-state index contributed by atoms with van der Waals surface area (Å²) in [7, 11) is 0. The van der Waals surface area contributed by atoms with Crippen molar-refractivity contribution in [2.45, 2.75) is 59.8 Å². The molecule has 0 fully saturated rings. The van der Waals surface area contributed by atoms with Crippen LogP contribution in [0.1, 0.15) is 58.6 Å². The van der Waals surface area contributed by atoms with Gasteiger partial charge < -0.3 is 5.11 Å². The number of phenolic OH excluding ortho intramolecular Hbond substituents is 1. The lowest BCUT2D eigenvalue weighted by atomic mass is 9.81. The number of nitrogens with two attached hydrogens (primary N) is 1. The summed E-state index contributed by atoms with van der Waals surface area (Å²) in [5, 5.41) is 16.0. The van der Waals surface area contributed by atoms with E-state index in [-0.39, 0.29) is 11.2 Å². The van der Waals surface area contributed by atoms with E-state index in [1.807, 2.05) is 45.1 Å². The van der Waals surface area contributed by atoms with Gasteiger partial charge in [0.05, 0.1) is 5.71 Å². The van der Waals surface area contributed by atoms with Crippen molar-refractivity contribution >= 4 is 11.4 Å². The molecule has 0 amide bonds. The molecule has 22 heavy (non-hydrogen) atoms. The third-order valence-electron chi connectivity index (χ3n) is 4.15. The van der Waals surface area contributed by atoms with Gasteiger partial charge in [-0.25, -0.2) is 5.84 Å². The van der Waals surface area contributed by atoms with Crippen molar-refractivity contribution in [3.05, 3.63) is 35.4 Å². The fourth-order valence-corrected chi connectivity index (χ4v) is 2.14. The standard InChI is InChI=1S/C18H29N3O/c1-7-10-15(8-2)20-21(19)16-12-14(18(5,6)9-3)11-13(4)17(16)22/h7,10-12,22H,8-9,19H2,1-6H3/b10-7-,20-15+. The molecule has 1 aromatic carbocycles. The zero-order valence-electron chi connectivity index (χ0n) is 14.6. The minimum Gasteiger partial charge on any atom is -0.505 e. The maximum atomic E-state index is 10.3. The van der Waals surface area contributed by atoms with E-state index in [0.29, 0.717) is 5.69 Å². The van der Waals surface area contributed by atoms with E-state index in [1.165, 1.54) is 5.12 Å². The van der Waals surface area contributed by atoms with Crippen molar-refractivity contribution in [3.63, 3.8) is 0 Å². The van der Waals surface area contributed by atoms with E-state index in [1.54, 1.807) is 0 Å². The van der Waals surface area contributed by atoms with Gasteiger partial charge in [-0.05, 0) is 55.4 Å². The van der Waals surface area contributed by atoms with Gasteiger partial charge in [-0.1, -0.05) is 39.8 Å². The minimum absolute atomic E-state index is 0.0225. The van der Waals surface area contributed by atoms with E-state index >= 15 is 0 Å². The lowest BCUT2D eigenvalue weighted by molar-refractivity contribution is 0.466. The van der Waals surface area contributed by atoms with Gasteiger partial charge in [-0.15, -0.1) is 0 Å². The number of hydrogen-bond acceptors (Lipinski definition) is 4. The highest BCUT2D eigenvalue weighted by Gasteiger charge is 2.22. The molecule has 3 N–H and O–H groups in total. The number of benzene rings is 1. The van der Waals surface area contributed by atoms with Crippen LogP contribution >= 0.6 is 0 Å². The van der Waals surface area contributed by atoms with Crippen LogP contribution < -0.4 is 11.0 Å². The van der Waals surface area contributed by atoms with Gasteiger partial charge in [0.2, 0.25) is 0 Å². The summed E-state index contributed by atoms with van der Waals surface area (Å²) in [5.74, 6) is 6.26. The zero-order chi connectivity index (χ0) is 16.9. The van der Waals surface area contributed by atoms with Crippen molar-refractivity contribution in [3.8, 4) is 5.75 Å². The van der Waals surface area contributed by atoms with Crippen molar-refractivity contribution in [2.24, 2.45) is 10.9 Å². The quantitative estimate of drug-likeness (QED) is 0.465. The molecule has 0 saturated carbocycles. The second-order valence-electron chi connectivity index (χ2n) is 6.19. The average molecular weight is 303 g/mol. The van der Waals surface area contributed by atoms with Gasteiger partial charge in [-0.2, -0.15) is 10.2 Å². The predicted octanol–water partition coefficient (Wildman–Crippen LogP) is 4.41. The van der Waals surface area contributed by atoms with Gasteiger partial charge in [-0.3, -0.25) is 0 Å². The molecule has 0 aliphatic carbocycles. The van der Waals surface area contributed by atoms with Crippen LogP contribution in [0.5, 0.6) is 5.75 Å². The summed E-state index contributed by atoms with van der Waals surface area (Å²) in [4.78, 5) is 0. The summed E-state index contributed by atoms with van der Waals surface area (Å²) < 4.78 is 0. The topological polar surface area (TPSA) is 61.8 Å². The minimum atomic E-state index is 0.0225. The number of aryl methyl sites for hydroxylation is 1. The van der Waals surface area contributed by atoms with Crippen molar-refractivity contribution < 1.29 is 5.11 Å². The van der Waals surface area contributed by atoms with Gasteiger partial charge in [0.15, 0.2) is 0 Å². The fraction of sp³-hybridized carbons (Fsp3) is 0.500. The molecule has 0 unspecified atom stereocenters. The Kier molecular flexibility index (Phi) is 6.18. The van der Waals surface area contributed by atoms with Crippen LogP contribution in [0.3, 0.4) is 0 Å². The lowest BCUT2D eigenvalue weighted by Crippen LogP contribution is -2.27. The van der Waals surface area contributed by atoms with Crippen LogP contribution in [-0.4, -0.2) is 10.8 Å². The van der Waals surface area contributed by atoms with Crippen LogP contribution in [0.2, 0.25) is 0 Å². The molecular weight excluding hydrogens is 274 g/mol. The van der Waals surface area contributed by atoms with E-state index in [2.05, 4.69) is 25.9 Å². The molecule has 0 aliphatic heterocycles. The number of aromatic hydroxyl groups is 1. The molecule has 1 aromatic rings. The summed E-state index contributed by atoms with van der Waals surface area (Å²) >= 11 is 0. The van der Waals surface area contributed by atoms with Gasteiger partial charge >= 0.3 is 0 Å².